The first kappa shape index (κ1) is 12.9. The number of unbranched alkanes of at least 4 members (excludes halogenated alkanes) is 1. The summed E-state index contributed by atoms with van der Waals surface area (Å²) in [6.07, 6.45) is 6.51. The van der Waals surface area contributed by atoms with Crippen molar-refractivity contribution < 1.29 is 9.53 Å². The van der Waals surface area contributed by atoms with Crippen LogP contribution in [0.25, 0.3) is 0 Å². The van der Waals surface area contributed by atoms with E-state index in [-0.39, 0.29) is 0 Å². The third-order valence-electron chi connectivity index (χ3n) is 3.43. The largest absolute Gasteiger partial charge is 0.496 e. The maximum absolute atomic E-state index is 10.1. The first-order valence-electron chi connectivity index (χ1n) is 6.69. The summed E-state index contributed by atoms with van der Waals surface area (Å²) >= 11 is 0. The van der Waals surface area contributed by atoms with E-state index in [2.05, 4.69) is 23.5 Å². The molecule has 0 saturated heterocycles. The third-order valence-corrected chi connectivity index (χ3v) is 3.43. The Balaban J connectivity index is 1.86. The Morgan fingerprint density at radius 1 is 1.39 bits per heavy atom. The molecule has 1 aliphatic carbocycles. The second-order valence-corrected chi connectivity index (χ2v) is 4.88. The summed E-state index contributed by atoms with van der Waals surface area (Å²) in [5.74, 6) is 1.77. The standard InChI is InChI=1S/C15H21NO2/c1-18-15-10-12(4-2-3-9-16-11-17)5-8-14(15)13-6-7-13/h5,8,10-11,13H,2-4,6-7,9H2,1H3,(H,16,17). The average Bonchev–Trinajstić information content (AvgIpc) is 3.22. The monoisotopic (exact) mass is 247 g/mol. The molecule has 1 aromatic carbocycles. The molecule has 0 heterocycles. The van der Waals surface area contributed by atoms with Crippen molar-refractivity contribution in [3.8, 4) is 5.75 Å². The van der Waals surface area contributed by atoms with Gasteiger partial charge in [-0.15, -0.1) is 0 Å². The molecule has 0 radical (unpaired) electrons. The quantitative estimate of drug-likeness (QED) is 0.566. The fourth-order valence-electron chi connectivity index (χ4n) is 2.26. The van der Waals surface area contributed by atoms with E-state index >= 15 is 0 Å². The highest BCUT2D eigenvalue weighted by atomic mass is 16.5. The molecule has 1 amide bonds. The van der Waals surface area contributed by atoms with E-state index < -0.39 is 0 Å². The van der Waals surface area contributed by atoms with Crippen LogP contribution in [0.5, 0.6) is 5.75 Å². The topological polar surface area (TPSA) is 38.3 Å². The Morgan fingerprint density at radius 3 is 2.89 bits per heavy atom. The second-order valence-electron chi connectivity index (χ2n) is 4.88. The molecule has 0 unspecified atom stereocenters. The van der Waals surface area contributed by atoms with Gasteiger partial charge >= 0.3 is 0 Å². The predicted molar refractivity (Wildman–Crippen MR) is 72.0 cm³/mol. The van der Waals surface area contributed by atoms with Gasteiger partial charge in [0.15, 0.2) is 0 Å². The van der Waals surface area contributed by atoms with Gasteiger partial charge in [-0.25, -0.2) is 0 Å². The summed E-state index contributed by atoms with van der Waals surface area (Å²) in [5, 5.41) is 2.68. The van der Waals surface area contributed by atoms with E-state index in [1.807, 2.05) is 0 Å². The number of methoxy groups -OCH3 is 1. The van der Waals surface area contributed by atoms with Crippen molar-refractivity contribution in [1.29, 1.82) is 0 Å². The van der Waals surface area contributed by atoms with E-state index in [1.54, 1.807) is 7.11 Å². The number of hydrogen-bond donors (Lipinski definition) is 1. The molecule has 0 aromatic heterocycles. The molecule has 3 nitrogen and oxygen atoms in total. The van der Waals surface area contributed by atoms with Crippen molar-refractivity contribution in [2.75, 3.05) is 13.7 Å². The molecule has 1 aliphatic rings. The van der Waals surface area contributed by atoms with Crippen molar-refractivity contribution in [2.24, 2.45) is 0 Å². The van der Waals surface area contributed by atoms with Crippen molar-refractivity contribution in [2.45, 2.75) is 38.0 Å². The van der Waals surface area contributed by atoms with Crippen LogP contribution in [0, 0.1) is 0 Å². The lowest BCUT2D eigenvalue weighted by Gasteiger charge is -2.10. The van der Waals surface area contributed by atoms with Crippen LogP contribution in [0.4, 0.5) is 0 Å². The molecule has 0 spiro atoms. The van der Waals surface area contributed by atoms with Gasteiger partial charge in [0.05, 0.1) is 7.11 Å². The zero-order chi connectivity index (χ0) is 12.8. The fourth-order valence-corrected chi connectivity index (χ4v) is 2.26. The summed E-state index contributed by atoms with van der Waals surface area (Å²) in [6.45, 7) is 0.765. The molecule has 0 atom stereocenters. The van der Waals surface area contributed by atoms with E-state index in [0.29, 0.717) is 0 Å². The van der Waals surface area contributed by atoms with Gasteiger partial charge in [0.1, 0.15) is 5.75 Å². The highest BCUT2D eigenvalue weighted by molar-refractivity contribution is 5.45. The van der Waals surface area contributed by atoms with Crippen LogP contribution in [0.3, 0.4) is 0 Å². The number of aryl methyl sites for hydroxylation is 1. The minimum atomic E-state index is 0.728. The van der Waals surface area contributed by atoms with E-state index in [1.165, 1.54) is 24.0 Å². The predicted octanol–water partition coefficient (Wildman–Crippen LogP) is 2.64. The normalized spacial score (nSPS) is 14.3. The number of carbonyl (C=O) groups excluding carboxylic acids is 1. The van der Waals surface area contributed by atoms with Gasteiger partial charge in [0.25, 0.3) is 0 Å². The van der Waals surface area contributed by atoms with Gasteiger partial charge in [0, 0.05) is 6.54 Å². The summed E-state index contributed by atoms with van der Waals surface area (Å²) in [4.78, 5) is 10.1. The highest BCUT2D eigenvalue weighted by Gasteiger charge is 2.26. The van der Waals surface area contributed by atoms with Crippen molar-refractivity contribution >= 4 is 6.41 Å². The SMILES string of the molecule is COc1cc(CCCCNC=O)ccc1C1CC1. The van der Waals surface area contributed by atoms with Gasteiger partial charge in [0.2, 0.25) is 6.41 Å². The number of carbonyl (C=O) groups is 1. The first-order valence-corrected chi connectivity index (χ1v) is 6.69. The maximum Gasteiger partial charge on any atom is 0.207 e. The van der Waals surface area contributed by atoms with E-state index in [9.17, 15) is 4.79 Å². The Hall–Kier alpha value is -1.51. The van der Waals surface area contributed by atoms with E-state index in [0.717, 1.165) is 43.9 Å². The number of hydrogen-bond acceptors (Lipinski definition) is 2. The lowest BCUT2D eigenvalue weighted by Crippen LogP contribution is -2.12. The Bertz CT molecular complexity index is 399. The van der Waals surface area contributed by atoms with Crippen LogP contribution in [0.1, 0.15) is 42.7 Å². The first-order chi connectivity index (χ1) is 8.85. The Kier molecular flexibility index (Phi) is 4.62. The number of ether oxygens (including phenoxy) is 1. The molecular weight excluding hydrogens is 226 g/mol. The van der Waals surface area contributed by atoms with Crippen LogP contribution in [0.2, 0.25) is 0 Å². The fraction of sp³-hybridized carbons (Fsp3) is 0.533. The Morgan fingerprint density at radius 2 is 2.22 bits per heavy atom. The summed E-state index contributed by atoms with van der Waals surface area (Å²) < 4.78 is 5.47. The molecule has 2 rings (SSSR count). The molecule has 98 valence electrons. The minimum Gasteiger partial charge on any atom is -0.496 e. The van der Waals surface area contributed by atoms with Gasteiger partial charge < -0.3 is 10.1 Å². The van der Waals surface area contributed by atoms with Crippen LogP contribution in [-0.4, -0.2) is 20.1 Å². The molecule has 0 aliphatic heterocycles. The van der Waals surface area contributed by atoms with Gasteiger partial charge in [-0.2, -0.15) is 0 Å². The number of amides is 1. The van der Waals surface area contributed by atoms with E-state index in [4.69, 9.17) is 4.74 Å². The molecule has 18 heavy (non-hydrogen) atoms. The van der Waals surface area contributed by atoms with Crippen LogP contribution >= 0.6 is 0 Å². The smallest absolute Gasteiger partial charge is 0.207 e. The van der Waals surface area contributed by atoms with Crippen LogP contribution in [0.15, 0.2) is 18.2 Å². The van der Waals surface area contributed by atoms with Gasteiger partial charge in [-0.05, 0) is 55.2 Å². The summed E-state index contributed by atoms with van der Waals surface area (Å²) in [6, 6.07) is 6.60. The zero-order valence-corrected chi connectivity index (χ0v) is 10.9. The minimum absolute atomic E-state index is 0.728. The Labute approximate surface area is 109 Å². The highest BCUT2D eigenvalue weighted by Crippen LogP contribution is 2.44. The van der Waals surface area contributed by atoms with Gasteiger partial charge in [-0.1, -0.05) is 12.1 Å². The average molecular weight is 247 g/mol. The van der Waals surface area contributed by atoms with Crippen molar-refractivity contribution in [3.63, 3.8) is 0 Å². The van der Waals surface area contributed by atoms with Crippen molar-refractivity contribution in [3.05, 3.63) is 29.3 Å². The lowest BCUT2D eigenvalue weighted by atomic mass is 10.0. The van der Waals surface area contributed by atoms with Gasteiger partial charge in [-0.3, -0.25) is 4.79 Å². The zero-order valence-electron chi connectivity index (χ0n) is 10.9. The maximum atomic E-state index is 10.1. The number of nitrogens with one attached hydrogen (secondary N) is 1. The molecule has 1 aromatic rings. The van der Waals surface area contributed by atoms with Crippen LogP contribution < -0.4 is 10.1 Å². The molecule has 1 N–H and O–H groups in total. The third kappa shape index (κ3) is 3.49. The van der Waals surface area contributed by atoms with Crippen LogP contribution in [-0.2, 0) is 11.2 Å². The molecule has 1 saturated carbocycles. The summed E-state index contributed by atoms with van der Waals surface area (Å²) in [7, 11) is 1.75. The molecule has 1 fully saturated rings. The molecule has 0 bridgehead atoms. The van der Waals surface area contributed by atoms with Crippen molar-refractivity contribution in [1.82, 2.24) is 5.32 Å². The second kappa shape index (κ2) is 6.43. The summed E-state index contributed by atoms with van der Waals surface area (Å²) in [5.41, 5.74) is 2.69. The number of rotatable bonds is 8. The molecular formula is C15H21NO2. The lowest BCUT2D eigenvalue weighted by molar-refractivity contribution is -0.109. The molecule has 3 heteroatoms. The number of benzene rings is 1.